The number of ether oxygens (including phenoxy) is 1. The fourth-order valence-corrected chi connectivity index (χ4v) is 4.33. The highest BCUT2D eigenvalue weighted by Gasteiger charge is 2.39. The molecule has 31 heavy (non-hydrogen) atoms. The van der Waals surface area contributed by atoms with Crippen LogP contribution in [0.4, 0.5) is 5.69 Å². The number of benzene rings is 3. The quantitative estimate of drug-likeness (QED) is 0.381. The molecule has 1 atom stereocenters. The van der Waals surface area contributed by atoms with E-state index in [4.69, 9.17) is 27.9 Å². The highest BCUT2D eigenvalue weighted by molar-refractivity contribution is 6.42. The zero-order valence-corrected chi connectivity index (χ0v) is 18.2. The van der Waals surface area contributed by atoms with Gasteiger partial charge in [0, 0.05) is 11.3 Å². The SMILES string of the molecule is CCCOc1ccc(C2c3cc(Cl)c(Cl)cc3C(=O)N2c2ccc3nc[nH]c3c2)cc1. The molecule has 7 heteroatoms. The lowest BCUT2D eigenvalue weighted by atomic mass is 9.97. The van der Waals surface area contributed by atoms with Crippen molar-refractivity contribution in [1.82, 2.24) is 9.97 Å². The Bertz CT molecular complexity index is 1280. The van der Waals surface area contributed by atoms with Crippen molar-refractivity contribution in [2.45, 2.75) is 19.4 Å². The molecule has 0 spiro atoms. The second-order valence-corrected chi connectivity index (χ2v) is 8.27. The van der Waals surface area contributed by atoms with E-state index in [-0.39, 0.29) is 11.9 Å². The molecule has 1 aliphatic heterocycles. The van der Waals surface area contributed by atoms with Crippen LogP contribution in [0.1, 0.15) is 40.9 Å². The van der Waals surface area contributed by atoms with Gasteiger partial charge in [-0.05, 0) is 60.0 Å². The maximum Gasteiger partial charge on any atom is 0.259 e. The van der Waals surface area contributed by atoms with Gasteiger partial charge in [-0.3, -0.25) is 9.69 Å². The monoisotopic (exact) mass is 451 g/mol. The van der Waals surface area contributed by atoms with Crippen molar-refractivity contribution in [1.29, 1.82) is 0 Å². The molecule has 0 bridgehead atoms. The number of carbonyl (C=O) groups excluding carboxylic acids is 1. The first-order chi connectivity index (χ1) is 15.1. The summed E-state index contributed by atoms with van der Waals surface area (Å²) in [6.07, 6.45) is 2.58. The summed E-state index contributed by atoms with van der Waals surface area (Å²) >= 11 is 12.6. The van der Waals surface area contributed by atoms with E-state index in [2.05, 4.69) is 16.9 Å². The van der Waals surface area contributed by atoms with E-state index in [1.165, 1.54) is 0 Å². The second kappa shape index (κ2) is 7.91. The van der Waals surface area contributed by atoms with Crippen LogP contribution < -0.4 is 9.64 Å². The van der Waals surface area contributed by atoms with Gasteiger partial charge in [0.25, 0.3) is 5.91 Å². The van der Waals surface area contributed by atoms with Crippen LogP contribution in [-0.2, 0) is 0 Å². The highest BCUT2D eigenvalue weighted by atomic mass is 35.5. The predicted octanol–water partition coefficient (Wildman–Crippen LogP) is 6.41. The summed E-state index contributed by atoms with van der Waals surface area (Å²) < 4.78 is 5.72. The molecular formula is C24H19Cl2N3O2. The molecule has 1 N–H and O–H groups in total. The molecule has 5 rings (SSSR count). The third kappa shape index (κ3) is 3.44. The number of hydrogen-bond donors (Lipinski definition) is 1. The van der Waals surface area contributed by atoms with E-state index in [0.29, 0.717) is 22.2 Å². The van der Waals surface area contributed by atoms with Crippen LogP contribution in [0.15, 0.2) is 60.9 Å². The summed E-state index contributed by atoms with van der Waals surface area (Å²) in [4.78, 5) is 22.7. The normalized spacial score (nSPS) is 15.5. The van der Waals surface area contributed by atoms with Crippen LogP contribution in [-0.4, -0.2) is 22.5 Å². The standard InChI is InChI=1S/C24H19Cl2N3O2/c1-2-9-31-16-6-3-14(4-7-16)23-17-11-19(25)20(26)12-18(17)24(30)29(23)15-5-8-21-22(10-15)28-13-27-21/h3-8,10-13,23H,2,9H2,1H3,(H,27,28). The molecule has 1 amide bonds. The number of fused-ring (bicyclic) bond motifs is 2. The first-order valence-corrected chi connectivity index (χ1v) is 10.8. The number of hydrogen-bond acceptors (Lipinski definition) is 3. The van der Waals surface area contributed by atoms with Crippen LogP contribution in [0.25, 0.3) is 11.0 Å². The van der Waals surface area contributed by atoms with Gasteiger partial charge in [0.15, 0.2) is 0 Å². The van der Waals surface area contributed by atoms with Crippen LogP contribution >= 0.6 is 23.2 Å². The van der Waals surface area contributed by atoms with Crippen molar-refractivity contribution in [3.63, 3.8) is 0 Å². The summed E-state index contributed by atoms with van der Waals surface area (Å²) in [6, 6.07) is 16.7. The fourth-order valence-electron chi connectivity index (χ4n) is 3.99. The first kappa shape index (κ1) is 19.9. The fraction of sp³-hybridized carbons (Fsp3) is 0.167. The van der Waals surface area contributed by atoms with E-state index in [9.17, 15) is 4.79 Å². The minimum absolute atomic E-state index is 0.122. The third-order valence-corrected chi connectivity index (χ3v) is 6.17. The van der Waals surface area contributed by atoms with E-state index >= 15 is 0 Å². The molecule has 0 saturated carbocycles. The number of nitrogens with one attached hydrogen (secondary N) is 1. The van der Waals surface area contributed by atoms with Gasteiger partial charge < -0.3 is 9.72 Å². The lowest BCUT2D eigenvalue weighted by Gasteiger charge is -2.26. The minimum atomic E-state index is -0.335. The number of nitrogens with zero attached hydrogens (tertiary/aromatic N) is 2. The maximum absolute atomic E-state index is 13.5. The van der Waals surface area contributed by atoms with Crippen molar-refractivity contribution < 1.29 is 9.53 Å². The molecule has 156 valence electrons. The number of imidazole rings is 1. The molecule has 3 aromatic carbocycles. The number of aromatic nitrogens is 2. The Morgan fingerprint density at radius 3 is 2.61 bits per heavy atom. The summed E-state index contributed by atoms with van der Waals surface area (Å²) in [7, 11) is 0. The molecular weight excluding hydrogens is 433 g/mol. The van der Waals surface area contributed by atoms with Crippen molar-refractivity contribution in [2.24, 2.45) is 0 Å². The van der Waals surface area contributed by atoms with Crippen molar-refractivity contribution in [2.75, 3.05) is 11.5 Å². The van der Waals surface area contributed by atoms with Gasteiger partial charge in [-0.15, -0.1) is 0 Å². The lowest BCUT2D eigenvalue weighted by Crippen LogP contribution is -2.28. The summed E-state index contributed by atoms with van der Waals surface area (Å²) in [6.45, 7) is 2.73. The Morgan fingerprint density at radius 2 is 1.84 bits per heavy atom. The van der Waals surface area contributed by atoms with Gasteiger partial charge in [0.05, 0.1) is 40.1 Å². The molecule has 1 aromatic heterocycles. The molecule has 0 radical (unpaired) electrons. The van der Waals surface area contributed by atoms with Gasteiger partial charge in [-0.1, -0.05) is 42.3 Å². The highest BCUT2D eigenvalue weighted by Crippen LogP contribution is 2.44. The Labute approximate surface area is 189 Å². The number of rotatable bonds is 5. The molecule has 4 aromatic rings. The largest absolute Gasteiger partial charge is 0.494 e. The Kier molecular flexibility index (Phi) is 5.08. The summed E-state index contributed by atoms with van der Waals surface area (Å²) in [5.74, 6) is 0.679. The molecule has 2 heterocycles. The number of halogens is 2. The zero-order chi connectivity index (χ0) is 21.5. The number of H-pyrrole nitrogens is 1. The van der Waals surface area contributed by atoms with Gasteiger partial charge in [0.1, 0.15) is 5.75 Å². The molecule has 0 aliphatic carbocycles. The first-order valence-electron chi connectivity index (χ1n) is 10.0. The number of anilines is 1. The number of amides is 1. The molecule has 0 fully saturated rings. The Hall–Kier alpha value is -3.02. The molecule has 1 aliphatic rings. The minimum Gasteiger partial charge on any atom is -0.494 e. The summed E-state index contributed by atoms with van der Waals surface area (Å²) in [5.41, 5.74) is 4.80. The second-order valence-electron chi connectivity index (χ2n) is 7.45. The average Bonchev–Trinajstić information content (AvgIpc) is 3.35. The van der Waals surface area contributed by atoms with Crippen LogP contribution in [0, 0.1) is 0 Å². The van der Waals surface area contributed by atoms with Gasteiger partial charge in [-0.2, -0.15) is 0 Å². The number of aromatic amines is 1. The third-order valence-electron chi connectivity index (χ3n) is 5.45. The van der Waals surface area contributed by atoms with E-state index < -0.39 is 0 Å². The average molecular weight is 452 g/mol. The Morgan fingerprint density at radius 1 is 1.06 bits per heavy atom. The Balaban J connectivity index is 1.64. The maximum atomic E-state index is 13.5. The smallest absolute Gasteiger partial charge is 0.259 e. The predicted molar refractivity (Wildman–Crippen MR) is 123 cm³/mol. The van der Waals surface area contributed by atoms with Crippen LogP contribution in [0.3, 0.4) is 0 Å². The zero-order valence-electron chi connectivity index (χ0n) is 16.7. The molecule has 0 saturated heterocycles. The van der Waals surface area contributed by atoms with Crippen molar-refractivity contribution >= 4 is 45.8 Å². The lowest BCUT2D eigenvalue weighted by molar-refractivity contribution is 0.0993. The van der Waals surface area contributed by atoms with Gasteiger partial charge >= 0.3 is 0 Å². The number of carbonyl (C=O) groups is 1. The molecule has 1 unspecified atom stereocenters. The van der Waals surface area contributed by atoms with E-state index in [0.717, 1.165) is 40.0 Å². The summed E-state index contributed by atoms with van der Waals surface area (Å²) in [5, 5.41) is 0.786. The topological polar surface area (TPSA) is 58.2 Å². The van der Waals surface area contributed by atoms with Gasteiger partial charge in [-0.25, -0.2) is 4.98 Å². The van der Waals surface area contributed by atoms with Crippen LogP contribution in [0.2, 0.25) is 10.0 Å². The van der Waals surface area contributed by atoms with E-state index in [1.807, 2.05) is 42.5 Å². The van der Waals surface area contributed by atoms with Crippen molar-refractivity contribution in [3.05, 3.63) is 87.7 Å². The van der Waals surface area contributed by atoms with Gasteiger partial charge in [0.2, 0.25) is 0 Å². The molecule has 5 nitrogen and oxygen atoms in total. The van der Waals surface area contributed by atoms with E-state index in [1.54, 1.807) is 23.4 Å². The van der Waals surface area contributed by atoms with Crippen LogP contribution in [0.5, 0.6) is 5.75 Å². The van der Waals surface area contributed by atoms with Crippen molar-refractivity contribution in [3.8, 4) is 5.75 Å².